The highest BCUT2D eigenvalue weighted by Crippen LogP contribution is 2.43. The van der Waals surface area contributed by atoms with Gasteiger partial charge in [-0.3, -0.25) is 4.79 Å². The number of hydrogen-bond donors (Lipinski definition) is 1. The average Bonchev–Trinajstić information content (AvgIpc) is 2.53. The van der Waals surface area contributed by atoms with Crippen molar-refractivity contribution in [2.24, 2.45) is 0 Å². The smallest absolute Gasteiger partial charge is 0.420 e. The number of amides is 1. The number of ether oxygens (including phenoxy) is 1. The number of alkyl halides is 3. The highest BCUT2D eigenvalue weighted by atomic mass is 32.2. The van der Waals surface area contributed by atoms with Crippen molar-refractivity contribution in [2.75, 3.05) is 11.6 Å². The fraction of sp³-hybridized carbons (Fsp3) is 0.250. The lowest BCUT2D eigenvalue weighted by atomic mass is 10.1. The van der Waals surface area contributed by atoms with Crippen molar-refractivity contribution in [3.63, 3.8) is 0 Å². The minimum atomic E-state index is -4.75. The number of halogens is 3. The summed E-state index contributed by atoms with van der Waals surface area (Å²) in [4.78, 5) is 15.7. The summed E-state index contributed by atoms with van der Waals surface area (Å²) in [6.45, 7) is 1.32. The van der Waals surface area contributed by atoms with Gasteiger partial charge in [0.25, 0.3) is 5.91 Å². The number of pyridine rings is 1. The Morgan fingerprint density at radius 2 is 1.92 bits per heavy atom. The van der Waals surface area contributed by atoms with Gasteiger partial charge in [-0.2, -0.15) is 13.2 Å². The maximum absolute atomic E-state index is 13.4. The van der Waals surface area contributed by atoms with E-state index in [0.717, 1.165) is 12.3 Å². The first-order valence-corrected chi connectivity index (χ1v) is 9.26. The summed E-state index contributed by atoms with van der Waals surface area (Å²) in [5.41, 5.74) is -1.08. The maximum atomic E-state index is 13.4. The third-order valence-electron chi connectivity index (χ3n) is 3.74. The number of nitrogens with one attached hydrogen (secondary N) is 1. The molecule has 1 aromatic heterocycles. The van der Waals surface area contributed by atoms with Crippen LogP contribution in [0.1, 0.15) is 12.5 Å². The summed E-state index contributed by atoms with van der Waals surface area (Å²) in [6.07, 6.45) is -4.86. The number of benzene rings is 1. The summed E-state index contributed by atoms with van der Waals surface area (Å²) < 4.78 is 68.8. The first-order chi connectivity index (χ1) is 12.0. The molecule has 2 aromatic rings. The Morgan fingerprint density at radius 3 is 2.54 bits per heavy atom. The lowest BCUT2D eigenvalue weighted by Crippen LogP contribution is -2.36. The number of aromatic nitrogens is 1. The average molecular weight is 386 g/mol. The first-order valence-electron chi connectivity index (χ1n) is 7.37. The molecule has 1 aliphatic heterocycles. The largest absolute Gasteiger partial charge is 0.476 e. The summed E-state index contributed by atoms with van der Waals surface area (Å²) in [6, 6.07) is 6.15. The van der Waals surface area contributed by atoms with E-state index in [4.69, 9.17) is 4.74 Å². The van der Waals surface area contributed by atoms with Gasteiger partial charge in [-0.25, -0.2) is 13.4 Å². The topological polar surface area (TPSA) is 85.4 Å². The predicted molar refractivity (Wildman–Crippen MR) is 86.5 cm³/mol. The second kappa shape index (κ2) is 5.97. The number of fused-ring (bicyclic) bond motifs is 1. The summed E-state index contributed by atoms with van der Waals surface area (Å²) in [7, 11) is -3.55. The van der Waals surface area contributed by atoms with E-state index in [1.807, 2.05) is 0 Å². The van der Waals surface area contributed by atoms with Crippen LogP contribution in [0.25, 0.3) is 11.3 Å². The fourth-order valence-electron chi connectivity index (χ4n) is 2.43. The van der Waals surface area contributed by atoms with Gasteiger partial charge < -0.3 is 10.1 Å². The molecule has 26 heavy (non-hydrogen) atoms. The second-order valence-electron chi connectivity index (χ2n) is 5.78. The van der Waals surface area contributed by atoms with Crippen molar-refractivity contribution >= 4 is 21.6 Å². The van der Waals surface area contributed by atoms with Crippen LogP contribution in [0.15, 0.2) is 35.2 Å². The summed E-state index contributed by atoms with van der Waals surface area (Å²) in [5.74, 6) is -1.55. The zero-order valence-corrected chi connectivity index (χ0v) is 14.4. The van der Waals surface area contributed by atoms with Crippen LogP contribution in [0.4, 0.5) is 19.0 Å². The van der Waals surface area contributed by atoms with Crippen LogP contribution in [0.5, 0.6) is 5.75 Å². The molecule has 6 nitrogen and oxygen atoms in total. The Balaban J connectivity index is 2.22. The molecule has 0 saturated heterocycles. The number of sulfone groups is 1. The number of rotatable bonds is 2. The molecular weight excluding hydrogens is 373 g/mol. The second-order valence-corrected chi connectivity index (χ2v) is 7.80. The van der Waals surface area contributed by atoms with Gasteiger partial charge in [-0.05, 0) is 25.1 Å². The van der Waals surface area contributed by atoms with Crippen LogP contribution in [0, 0.1) is 0 Å². The van der Waals surface area contributed by atoms with Gasteiger partial charge in [0.2, 0.25) is 0 Å². The van der Waals surface area contributed by atoms with E-state index in [-0.39, 0.29) is 22.0 Å². The van der Waals surface area contributed by atoms with Gasteiger partial charge in [0.15, 0.2) is 27.5 Å². The van der Waals surface area contributed by atoms with Crippen molar-refractivity contribution < 1.29 is 31.1 Å². The molecule has 0 unspecified atom stereocenters. The number of anilines is 1. The van der Waals surface area contributed by atoms with Crippen molar-refractivity contribution in [1.82, 2.24) is 4.98 Å². The SMILES string of the molecule is C[C@H]1Oc2c(C(F)(F)F)cc(-c3cccc(S(C)(=O)=O)c3)nc2NC1=O. The van der Waals surface area contributed by atoms with E-state index in [9.17, 15) is 26.4 Å². The third kappa shape index (κ3) is 3.36. The predicted octanol–water partition coefficient (Wildman–Crippen LogP) is 2.89. The number of hydrogen-bond acceptors (Lipinski definition) is 5. The standard InChI is InChI=1S/C16H13F3N2O4S/c1-8-15(22)21-14-13(25-8)11(16(17,18)19)7-12(20-14)9-4-3-5-10(6-9)26(2,23)24/h3-8H,1-2H3,(H,20,21,22)/t8-/m1/s1. The Morgan fingerprint density at radius 1 is 1.23 bits per heavy atom. The first kappa shape index (κ1) is 18.2. The van der Waals surface area contributed by atoms with Crippen LogP contribution in [-0.4, -0.2) is 31.7 Å². The van der Waals surface area contributed by atoms with E-state index >= 15 is 0 Å². The van der Waals surface area contributed by atoms with Crippen LogP contribution >= 0.6 is 0 Å². The van der Waals surface area contributed by atoms with E-state index in [2.05, 4.69) is 10.3 Å². The Kier molecular flexibility index (Phi) is 4.18. The molecule has 1 aromatic carbocycles. The molecule has 138 valence electrons. The monoisotopic (exact) mass is 386 g/mol. The molecule has 1 N–H and O–H groups in total. The Labute approximate surface area is 146 Å². The van der Waals surface area contributed by atoms with E-state index < -0.39 is 39.3 Å². The third-order valence-corrected chi connectivity index (χ3v) is 4.85. The highest BCUT2D eigenvalue weighted by molar-refractivity contribution is 7.90. The van der Waals surface area contributed by atoms with E-state index in [1.54, 1.807) is 0 Å². The molecule has 0 radical (unpaired) electrons. The molecule has 0 saturated carbocycles. The number of carbonyl (C=O) groups excluding carboxylic acids is 1. The zero-order chi connectivity index (χ0) is 19.3. The molecule has 0 aliphatic carbocycles. The van der Waals surface area contributed by atoms with Crippen LogP contribution in [0.2, 0.25) is 0 Å². The van der Waals surface area contributed by atoms with Gasteiger partial charge in [0.05, 0.1) is 10.6 Å². The molecule has 3 rings (SSSR count). The lowest BCUT2D eigenvalue weighted by Gasteiger charge is -2.26. The molecule has 1 atom stereocenters. The van der Waals surface area contributed by atoms with Gasteiger partial charge >= 0.3 is 6.18 Å². The van der Waals surface area contributed by atoms with Crippen LogP contribution in [0.3, 0.4) is 0 Å². The zero-order valence-electron chi connectivity index (χ0n) is 13.6. The quantitative estimate of drug-likeness (QED) is 0.858. The molecule has 0 fully saturated rings. The molecule has 1 amide bonds. The van der Waals surface area contributed by atoms with Gasteiger partial charge in [0.1, 0.15) is 5.56 Å². The fourth-order valence-corrected chi connectivity index (χ4v) is 3.10. The van der Waals surface area contributed by atoms with E-state index in [1.165, 1.54) is 31.2 Å². The minimum Gasteiger partial charge on any atom is -0.476 e. The molecular formula is C16H13F3N2O4S. The van der Waals surface area contributed by atoms with E-state index in [0.29, 0.717) is 0 Å². The maximum Gasteiger partial charge on any atom is 0.420 e. The van der Waals surface area contributed by atoms with Crippen molar-refractivity contribution in [2.45, 2.75) is 24.1 Å². The molecule has 1 aliphatic rings. The van der Waals surface area contributed by atoms with Gasteiger partial charge in [0, 0.05) is 11.8 Å². The molecule has 0 spiro atoms. The Hall–Kier alpha value is -2.62. The molecule has 2 heterocycles. The molecule has 10 heteroatoms. The van der Waals surface area contributed by atoms with Crippen molar-refractivity contribution in [1.29, 1.82) is 0 Å². The van der Waals surface area contributed by atoms with Crippen molar-refractivity contribution in [3.8, 4) is 17.0 Å². The summed E-state index contributed by atoms with van der Waals surface area (Å²) in [5, 5.41) is 2.28. The summed E-state index contributed by atoms with van der Waals surface area (Å²) >= 11 is 0. The lowest BCUT2D eigenvalue weighted by molar-refractivity contribution is -0.140. The number of carbonyl (C=O) groups is 1. The number of nitrogens with zero attached hydrogens (tertiary/aromatic N) is 1. The van der Waals surface area contributed by atoms with Crippen LogP contribution in [-0.2, 0) is 20.8 Å². The Bertz CT molecular complexity index is 1000. The van der Waals surface area contributed by atoms with Crippen molar-refractivity contribution in [3.05, 3.63) is 35.9 Å². The van der Waals surface area contributed by atoms with Gasteiger partial charge in [-0.15, -0.1) is 0 Å². The normalized spacial score (nSPS) is 17.3. The van der Waals surface area contributed by atoms with Gasteiger partial charge in [-0.1, -0.05) is 12.1 Å². The van der Waals surface area contributed by atoms with Crippen LogP contribution < -0.4 is 10.1 Å². The highest BCUT2D eigenvalue weighted by Gasteiger charge is 2.40. The minimum absolute atomic E-state index is 0.0583. The molecule has 0 bridgehead atoms.